The van der Waals surface area contributed by atoms with Crippen molar-refractivity contribution >= 4 is 8.32 Å². The van der Waals surface area contributed by atoms with E-state index < -0.39 is 50.4 Å². The first-order chi connectivity index (χ1) is 11.7. The van der Waals surface area contributed by atoms with Gasteiger partial charge in [0, 0.05) is 18.7 Å². The zero-order valence-corrected chi connectivity index (χ0v) is 16.6. The average molecular weight is 394 g/mol. The smallest absolute Gasteiger partial charge is 0.330 e. The molecule has 0 radical (unpaired) electrons. The van der Waals surface area contributed by atoms with E-state index in [9.17, 15) is 22.8 Å². The number of aromatic nitrogens is 2. The van der Waals surface area contributed by atoms with Crippen molar-refractivity contribution in [2.75, 3.05) is 13.3 Å². The van der Waals surface area contributed by atoms with Crippen molar-refractivity contribution < 1.29 is 22.3 Å². The molecule has 1 aliphatic rings. The van der Waals surface area contributed by atoms with Crippen LogP contribution in [0.25, 0.3) is 0 Å². The second-order valence-corrected chi connectivity index (χ2v) is 13.1. The van der Waals surface area contributed by atoms with Gasteiger partial charge in [-0.05, 0) is 18.1 Å². The van der Waals surface area contributed by atoms with Crippen molar-refractivity contribution in [1.29, 1.82) is 0 Å². The van der Waals surface area contributed by atoms with Crippen LogP contribution in [0.5, 0.6) is 0 Å². The van der Waals surface area contributed by atoms with Crippen molar-refractivity contribution in [3.8, 4) is 0 Å². The molecule has 2 rings (SSSR count). The molecule has 1 aromatic rings. The van der Waals surface area contributed by atoms with E-state index in [2.05, 4.69) is 0 Å². The fourth-order valence-electron chi connectivity index (χ4n) is 2.48. The summed E-state index contributed by atoms with van der Waals surface area (Å²) in [6.45, 7) is 8.29. The van der Waals surface area contributed by atoms with E-state index in [1.54, 1.807) is 0 Å². The molecular weight excluding hydrogens is 369 g/mol. The molecule has 1 fully saturated rings. The third kappa shape index (κ3) is 3.96. The second kappa shape index (κ2) is 6.65. The van der Waals surface area contributed by atoms with Gasteiger partial charge in [0.25, 0.3) is 11.5 Å². The van der Waals surface area contributed by atoms with Crippen molar-refractivity contribution in [1.82, 2.24) is 9.55 Å². The zero-order valence-electron chi connectivity index (χ0n) is 15.6. The molecule has 0 bridgehead atoms. The lowest BCUT2D eigenvalue weighted by molar-refractivity contribution is -0.146. The summed E-state index contributed by atoms with van der Waals surface area (Å²) in [5, 5.41) is -0.180. The van der Waals surface area contributed by atoms with Gasteiger partial charge >= 0.3 is 5.69 Å². The number of hydrogen-bond acceptors (Lipinski definition) is 4. The highest BCUT2D eigenvalue weighted by Crippen LogP contribution is 2.48. The molecular formula is C16H25F3N2O4Si. The van der Waals surface area contributed by atoms with Crippen LogP contribution in [0.2, 0.25) is 18.1 Å². The normalized spacial score (nSPS) is 26.2. The van der Waals surface area contributed by atoms with E-state index in [1.807, 2.05) is 38.8 Å². The molecule has 6 nitrogen and oxygen atoms in total. The fraction of sp³-hybridized carbons (Fsp3) is 0.750. The van der Waals surface area contributed by atoms with Gasteiger partial charge in [-0.25, -0.2) is 18.0 Å². The van der Waals surface area contributed by atoms with E-state index in [-0.39, 0.29) is 11.6 Å². The van der Waals surface area contributed by atoms with Crippen LogP contribution in [0, 0.1) is 0 Å². The summed E-state index contributed by atoms with van der Waals surface area (Å²) in [6.07, 6.45) is -2.00. The number of ether oxygens (including phenoxy) is 1. The quantitative estimate of drug-likeness (QED) is 0.780. The molecule has 0 amide bonds. The average Bonchev–Trinajstić information content (AvgIpc) is 2.76. The van der Waals surface area contributed by atoms with Gasteiger partial charge in [0.1, 0.15) is 12.3 Å². The number of rotatable bonds is 5. The first-order valence-electron chi connectivity index (χ1n) is 8.30. The number of halogens is 3. The van der Waals surface area contributed by atoms with E-state index >= 15 is 0 Å². The lowest BCUT2D eigenvalue weighted by Gasteiger charge is -2.38. The van der Waals surface area contributed by atoms with Gasteiger partial charge in [0.15, 0.2) is 8.32 Å². The molecule has 0 aromatic carbocycles. The van der Waals surface area contributed by atoms with Crippen LogP contribution in [0.4, 0.5) is 13.2 Å². The summed E-state index contributed by atoms with van der Waals surface area (Å²) >= 11 is 0. The Labute approximate surface area is 150 Å². The summed E-state index contributed by atoms with van der Waals surface area (Å²) in [5.41, 5.74) is -3.60. The maximum absolute atomic E-state index is 14.5. The minimum atomic E-state index is -3.50. The number of aromatic amines is 1. The molecule has 1 saturated heterocycles. The van der Waals surface area contributed by atoms with Crippen LogP contribution in [0.1, 0.15) is 33.4 Å². The van der Waals surface area contributed by atoms with Crippen LogP contribution in [0.3, 0.4) is 0 Å². The molecule has 26 heavy (non-hydrogen) atoms. The molecule has 1 aromatic heterocycles. The lowest BCUT2D eigenvalue weighted by atomic mass is 10.0. The minimum Gasteiger partial charge on any atom is -0.414 e. The predicted molar refractivity (Wildman–Crippen MR) is 92.9 cm³/mol. The van der Waals surface area contributed by atoms with Gasteiger partial charge in [-0.3, -0.25) is 14.3 Å². The van der Waals surface area contributed by atoms with E-state index in [0.29, 0.717) is 4.57 Å². The Balaban J connectivity index is 2.30. The van der Waals surface area contributed by atoms with Crippen LogP contribution in [0.15, 0.2) is 21.9 Å². The largest absolute Gasteiger partial charge is 0.414 e. The minimum absolute atomic E-state index is 0.180. The molecule has 1 aliphatic heterocycles. The third-order valence-electron chi connectivity index (χ3n) is 5.13. The number of nitrogens with one attached hydrogen (secondary N) is 1. The van der Waals surface area contributed by atoms with Crippen molar-refractivity contribution in [2.45, 2.75) is 63.1 Å². The maximum Gasteiger partial charge on any atom is 0.330 e. The molecule has 2 heterocycles. The van der Waals surface area contributed by atoms with Gasteiger partial charge in [0.05, 0.1) is 6.61 Å². The molecule has 0 spiro atoms. The number of alkyl halides is 3. The Morgan fingerprint density at radius 1 is 1.38 bits per heavy atom. The second-order valence-electron chi connectivity index (χ2n) is 8.29. The standard InChI is InChI=1S/C16H25F3N2O4Si/c1-14(2,3)26(4,5)24-10-15(9-17)8-16(18,19)12(25-15)21-7-6-11(22)20-13(21)23/h6-7,12H,8-10H2,1-5H3,(H,20,22,23)/t12-,15-/m1/s1. The van der Waals surface area contributed by atoms with Crippen molar-refractivity contribution in [3.63, 3.8) is 0 Å². The summed E-state index contributed by atoms with van der Waals surface area (Å²) < 4.78 is 54.6. The number of nitrogens with zero attached hydrogens (tertiary/aromatic N) is 1. The van der Waals surface area contributed by atoms with E-state index in [4.69, 9.17) is 9.16 Å². The Hall–Kier alpha value is -1.39. The first kappa shape index (κ1) is 20.9. The van der Waals surface area contributed by atoms with Gasteiger partial charge in [-0.15, -0.1) is 0 Å². The Morgan fingerprint density at radius 2 is 2.00 bits per heavy atom. The van der Waals surface area contributed by atoms with Gasteiger partial charge < -0.3 is 9.16 Å². The molecule has 10 heteroatoms. The summed E-state index contributed by atoms with van der Waals surface area (Å²) in [4.78, 5) is 24.9. The Bertz CT molecular complexity index is 772. The Morgan fingerprint density at radius 3 is 2.50 bits per heavy atom. The third-order valence-corrected chi connectivity index (χ3v) is 9.61. The Kier molecular flexibility index (Phi) is 5.35. The number of hydrogen-bond donors (Lipinski definition) is 1. The molecule has 0 saturated carbocycles. The SMILES string of the molecule is CC(C)(C)[Si](C)(C)OC[C@]1(CF)CC(F)(F)[C@H](n2ccc(=O)[nH]c2=O)O1. The highest BCUT2D eigenvalue weighted by atomic mass is 28.4. The van der Waals surface area contributed by atoms with Crippen LogP contribution in [-0.4, -0.2) is 42.7 Å². The van der Waals surface area contributed by atoms with Crippen molar-refractivity contribution in [3.05, 3.63) is 33.1 Å². The molecule has 1 N–H and O–H groups in total. The van der Waals surface area contributed by atoms with Crippen molar-refractivity contribution in [2.24, 2.45) is 0 Å². The summed E-state index contributed by atoms with van der Waals surface area (Å²) in [5.74, 6) is -3.50. The predicted octanol–water partition coefficient (Wildman–Crippen LogP) is 2.82. The molecule has 2 atom stereocenters. The molecule has 0 aliphatic carbocycles. The highest BCUT2D eigenvalue weighted by molar-refractivity contribution is 6.74. The van der Waals surface area contributed by atoms with Crippen LogP contribution >= 0.6 is 0 Å². The maximum atomic E-state index is 14.5. The summed E-state index contributed by atoms with van der Waals surface area (Å²) in [7, 11) is -2.31. The van der Waals surface area contributed by atoms with Crippen LogP contribution < -0.4 is 11.2 Å². The highest BCUT2D eigenvalue weighted by Gasteiger charge is 2.60. The monoisotopic (exact) mass is 394 g/mol. The van der Waals surface area contributed by atoms with Crippen LogP contribution in [-0.2, 0) is 9.16 Å². The van der Waals surface area contributed by atoms with Gasteiger partial charge in [0.2, 0.25) is 6.23 Å². The molecule has 148 valence electrons. The first-order valence-corrected chi connectivity index (χ1v) is 11.2. The fourth-order valence-corrected chi connectivity index (χ4v) is 3.54. The van der Waals surface area contributed by atoms with Gasteiger partial charge in [-0.1, -0.05) is 20.8 Å². The van der Waals surface area contributed by atoms with E-state index in [0.717, 1.165) is 12.3 Å². The zero-order chi connectivity index (χ0) is 20.0. The van der Waals surface area contributed by atoms with Gasteiger partial charge in [-0.2, -0.15) is 0 Å². The molecule has 0 unspecified atom stereocenters. The number of H-pyrrole nitrogens is 1. The topological polar surface area (TPSA) is 73.3 Å². The lowest BCUT2D eigenvalue weighted by Crippen LogP contribution is -2.47. The van der Waals surface area contributed by atoms with E-state index in [1.165, 1.54) is 0 Å². The summed E-state index contributed by atoms with van der Waals surface area (Å²) in [6, 6.07) is 0.933.